The van der Waals surface area contributed by atoms with Crippen molar-refractivity contribution in [3.05, 3.63) is 35.4 Å². The fourth-order valence-electron chi connectivity index (χ4n) is 1.77. The minimum Gasteiger partial charge on any atom is -0.354 e. The summed E-state index contributed by atoms with van der Waals surface area (Å²) < 4.78 is 0. The number of carbonyl (C=O) groups excluding carboxylic acids is 2. The molecule has 1 atom stereocenters. The number of halogens is 1. The molecule has 17 heavy (non-hydrogen) atoms. The molecule has 0 saturated carbocycles. The first kappa shape index (κ1) is 11.9. The smallest absolute Gasteiger partial charge is 0.251 e. The van der Waals surface area contributed by atoms with Crippen molar-refractivity contribution in [3.63, 3.8) is 0 Å². The van der Waals surface area contributed by atoms with E-state index < -0.39 is 0 Å². The van der Waals surface area contributed by atoms with Gasteiger partial charge in [0.25, 0.3) is 5.91 Å². The SMILES string of the molecule is O=C1CC(NC(=O)c2cccc(CCl)c2)CN1. The number of amides is 2. The molecule has 2 amide bonds. The standard InChI is InChI=1S/C12H13ClN2O2/c13-6-8-2-1-3-9(4-8)12(17)15-10-5-11(16)14-7-10/h1-4,10H,5-7H2,(H,14,16)(H,15,17). The Morgan fingerprint density at radius 2 is 2.35 bits per heavy atom. The third-order valence-electron chi connectivity index (χ3n) is 2.66. The average Bonchev–Trinajstić information content (AvgIpc) is 2.75. The van der Waals surface area contributed by atoms with Crippen LogP contribution < -0.4 is 10.6 Å². The van der Waals surface area contributed by atoms with E-state index in [1.54, 1.807) is 18.2 Å². The number of hydrogen-bond acceptors (Lipinski definition) is 2. The lowest BCUT2D eigenvalue weighted by Gasteiger charge is -2.10. The fraction of sp³-hybridized carbons (Fsp3) is 0.333. The zero-order valence-corrected chi connectivity index (χ0v) is 9.96. The average molecular weight is 253 g/mol. The van der Waals surface area contributed by atoms with Crippen LogP contribution in [0.4, 0.5) is 0 Å². The summed E-state index contributed by atoms with van der Waals surface area (Å²) in [6.07, 6.45) is 0.348. The second kappa shape index (κ2) is 5.19. The summed E-state index contributed by atoms with van der Waals surface area (Å²) in [6.45, 7) is 0.500. The highest BCUT2D eigenvalue weighted by Gasteiger charge is 2.23. The molecule has 1 heterocycles. The van der Waals surface area contributed by atoms with E-state index in [4.69, 9.17) is 11.6 Å². The van der Waals surface area contributed by atoms with Gasteiger partial charge in [-0.1, -0.05) is 12.1 Å². The lowest BCUT2D eigenvalue weighted by Crippen LogP contribution is -2.36. The molecule has 0 bridgehead atoms. The summed E-state index contributed by atoms with van der Waals surface area (Å²) in [5.41, 5.74) is 1.47. The highest BCUT2D eigenvalue weighted by Crippen LogP contribution is 2.09. The third kappa shape index (κ3) is 2.97. The molecule has 1 aliphatic heterocycles. The summed E-state index contributed by atoms with van der Waals surface area (Å²) in [7, 11) is 0. The Bertz CT molecular complexity index is 448. The van der Waals surface area contributed by atoms with Crippen molar-refractivity contribution in [2.75, 3.05) is 6.54 Å². The van der Waals surface area contributed by atoms with E-state index in [0.717, 1.165) is 5.56 Å². The predicted octanol–water partition coefficient (Wildman–Crippen LogP) is 1.04. The molecule has 1 aliphatic rings. The van der Waals surface area contributed by atoms with E-state index in [2.05, 4.69) is 10.6 Å². The Morgan fingerprint density at radius 3 is 3.00 bits per heavy atom. The van der Waals surface area contributed by atoms with E-state index in [0.29, 0.717) is 24.4 Å². The molecule has 2 rings (SSSR count). The Kier molecular flexibility index (Phi) is 3.64. The molecule has 90 valence electrons. The number of alkyl halides is 1. The van der Waals surface area contributed by atoms with Crippen LogP contribution in [-0.2, 0) is 10.7 Å². The first-order chi connectivity index (χ1) is 8.19. The molecule has 2 N–H and O–H groups in total. The minimum atomic E-state index is -0.168. The van der Waals surface area contributed by atoms with Gasteiger partial charge in [-0.25, -0.2) is 0 Å². The summed E-state index contributed by atoms with van der Waals surface area (Å²) in [5.74, 6) is 0.188. The molecular weight excluding hydrogens is 240 g/mol. The molecule has 1 saturated heterocycles. The molecule has 0 radical (unpaired) electrons. The van der Waals surface area contributed by atoms with Gasteiger partial charge in [-0.2, -0.15) is 0 Å². The van der Waals surface area contributed by atoms with Crippen molar-refractivity contribution in [3.8, 4) is 0 Å². The van der Waals surface area contributed by atoms with Crippen molar-refractivity contribution in [1.29, 1.82) is 0 Å². The Balaban J connectivity index is 2.01. The van der Waals surface area contributed by atoms with E-state index in [1.807, 2.05) is 6.07 Å². The summed E-state index contributed by atoms with van der Waals surface area (Å²) in [5, 5.41) is 5.49. The topological polar surface area (TPSA) is 58.2 Å². The van der Waals surface area contributed by atoms with Crippen molar-refractivity contribution < 1.29 is 9.59 Å². The molecule has 0 spiro atoms. The van der Waals surface area contributed by atoms with Crippen LogP contribution in [0.5, 0.6) is 0 Å². The van der Waals surface area contributed by atoms with E-state index in [9.17, 15) is 9.59 Å². The summed E-state index contributed by atoms with van der Waals surface area (Å²) in [4.78, 5) is 22.9. The third-order valence-corrected chi connectivity index (χ3v) is 2.96. The van der Waals surface area contributed by atoms with Crippen LogP contribution >= 0.6 is 11.6 Å². The van der Waals surface area contributed by atoms with Gasteiger partial charge in [0.1, 0.15) is 0 Å². The van der Waals surface area contributed by atoms with E-state index >= 15 is 0 Å². The second-order valence-corrected chi connectivity index (χ2v) is 4.28. The van der Waals surface area contributed by atoms with Gasteiger partial charge in [0.2, 0.25) is 5.91 Å². The lowest BCUT2D eigenvalue weighted by molar-refractivity contribution is -0.119. The molecule has 1 aromatic rings. The fourth-order valence-corrected chi connectivity index (χ4v) is 1.94. The molecule has 4 nitrogen and oxygen atoms in total. The molecule has 5 heteroatoms. The van der Waals surface area contributed by atoms with Gasteiger partial charge in [0.05, 0.1) is 6.04 Å². The second-order valence-electron chi connectivity index (χ2n) is 4.01. The minimum absolute atomic E-state index is 0.0233. The van der Waals surface area contributed by atoms with Gasteiger partial charge < -0.3 is 10.6 Å². The Hall–Kier alpha value is -1.55. The van der Waals surface area contributed by atoms with Gasteiger partial charge in [0.15, 0.2) is 0 Å². The zero-order chi connectivity index (χ0) is 12.3. The molecule has 0 aliphatic carbocycles. The van der Waals surface area contributed by atoms with Crippen LogP contribution in [0.1, 0.15) is 22.3 Å². The quantitative estimate of drug-likeness (QED) is 0.790. The van der Waals surface area contributed by atoms with Crippen molar-refractivity contribution in [1.82, 2.24) is 10.6 Å². The normalized spacial score (nSPS) is 18.9. The van der Waals surface area contributed by atoms with Crippen LogP contribution in [0.25, 0.3) is 0 Å². The maximum Gasteiger partial charge on any atom is 0.251 e. The Morgan fingerprint density at radius 1 is 1.53 bits per heavy atom. The maximum atomic E-state index is 11.9. The first-order valence-corrected chi connectivity index (χ1v) is 5.95. The largest absolute Gasteiger partial charge is 0.354 e. The molecule has 1 fully saturated rings. The number of hydrogen-bond donors (Lipinski definition) is 2. The monoisotopic (exact) mass is 252 g/mol. The first-order valence-electron chi connectivity index (χ1n) is 5.41. The van der Waals surface area contributed by atoms with Gasteiger partial charge in [-0.15, -0.1) is 11.6 Å². The van der Waals surface area contributed by atoms with Gasteiger partial charge in [-0.05, 0) is 17.7 Å². The predicted molar refractivity (Wildman–Crippen MR) is 64.9 cm³/mol. The number of nitrogens with one attached hydrogen (secondary N) is 2. The number of rotatable bonds is 3. The lowest BCUT2D eigenvalue weighted by atomic mass is 10.1. The molecular formula is C12H13ClN2O2. The molecule has 1 unspecified atom stereocenters. The van der Waals surface area contributed by atoms with E-state index in [-0.39, 0.29) is 17.9 Å². The maximum absolute atomic E-state index is 11.9. The zero-order valence-electron chi connectivity index (χ0n) is 9.20. The van der Waals surface area contributed by atoms with Crippen molar-refractivity contribution in [2.24, 2.45) is 0 Å². The van der Waals surface area contributed by atoms with Gasteiger partial charge in [0, 0.05) is 24.4 Å². The van der Waals surface area contributed by atoms with E-state index in [1.165, 1.54) is 0 Å². The van der Waals surface area contributed by atoms with Crippen molar-refractivity contribution in [2.45, 2.75) is 18.3 Å². The summed E-state index contributed by atoms with van der Waals surface area (Å²) in [6, 6.07) is 7.03. The highest BCUT2D eigenvalue weighted by atomic mass is 35.5. The number of benzene rings is 1. The van der Waals surface area contributed by atoms with Crippen LogP contribution in [0.2, 0.25) is 0 Å². The van der Waals surface area contributed by atoms with Crippen LogP contribution in [0.15, 0.2) is 24.3 Å². The molecule has 1 aromatic carbocycles. The highest BCUT2D eigenvalue weighted by molar-refractivity contribution is 6.17. The van der Waals surface area contributed by atoms with Gasteiger partial charge >= 0.3 is 0 Å². The Labute approximate surface area is 104 Å². The summed E-state index contributed by atoms with van der Waals surface area (Å²) >= 11 is 5.71. The van der Waals surface area contributed by atoms with Gasteiger partial charge in [-0.3, -0.25) is 9.59 Å². The van der Waals surface area contributed by atoms with Crippen LogP contribution in [0.3, 0.4) is 0 Å². The van der Waals surface area contributed by atoms with Crippen LogP contribution in [0, 0.1) is 0 Å². The molecule has 0 aromatic heterocycles. The van der Waals surface area contributed by atoms with Crippen molar-refractivity contribution >= 4 is 23.4 Å². The van der Waals surface area contributed by atoms with Crippen LogP contribution in [-0.4, -0.2) is 24.4 Å². The number of carbonyl (C=O) groups is 2.